The molecule has 0 fully saturated rings. The van der Waals surface area contributed by atoms with Crippen LogP contribution in [0.3, 0.4) is 0 Å². The van der Waals surface area contributed by atoms with Gasteiger partial charge in [-0.3, -0.25) is 14.4 Å². The lowest BCUT2D eigenvalue weighted by Gasteiger charge is -2.20. The lowest BCUT2D eigenvalue weighted by Crippen LogP contribution is -2.23. The average molecular weight is 399 g/mol. The SMILES string of the molecule is CC(=O)Oc1cc(C)cc(C)c1C(C)C.CC1=C(C)C(=O)C(C(C)C)=C(C)C1=O. The third kappa shape index (κ3) is 5.75. The molecule has 0 amide bonds. The number of carbonyl (C=O) groups is 3. The quantitative estimate of drug-likeness (QED) is 0.367. The van der Waals surface area contributed by atoms with Gasteiger partial charge >= 0.3 is 5.97 Å². The number of rotatable bonds is 3. The molecular weight excluding hydrogens is 364 g/mol. The third-order valence-corrected chi connectivity index (χ3v) is 5.13. The molecule has 4 nitrogen and oxygen atoms in total. The first-order chi connectivity index (χ1) is 13.3. The summed E-state index contributed by atoms with van der Waals surface area (Å²) in [6.45, 7) is 18.8. The highest BCUT2D eigenvalue weighted by molar-refractivity contribution is 6.24. The highest BCUT2D eigenvalue weighted by Gasteiger charge is 2.28. The van der Waals surface area contributed by atoms with Gasteiger partial charge in [-0.25, -0.2) is 0 Å². The molecule has 0 spiro atoms. The summed E-state index contributed by atoms with van der Waals surface area (Å²) in [6, 6.07) is 4.03. The zero-order valence-corrected chi connectivity index (χ0v) is 19.4. The number of Topliss-reactive ketones (excluding diaryl/α,β-unsaturated/α-hetero) is 2. The Hall–Kier alpha value is -2.49. The van der Waals surface area contributed by atoms with Crippen LogP contribution in [0.2, 0.25) is 0 Å². The molecule has 1 aromatic rings. The van der Waals surface area contributed by atoms with Crippen LogP contribution in [-0.4, -0.2) is 17.5 Å². The first-order valence-electron chi connectivity index (χ1n) is 10.1. The number of benzene rings is 1. The molecule has 0 heterocycles. The number of ketones is 2. The van der Waals surface area contributed by atoms with Crippen LogP contribution in [0.5, 0.6) is 5.75 Å². The van der Waals surface area contributed by atoms with Crippen molar-refractivity contribution in [2.75, 3.05) is 0 Å². The van der Waals surface area contributed by atoms with E-state index in [1.165, 1.54) is 12.5 Å². The van der Waals surface area contributed by atoms with E-state index in [4.69, 9.17) is 4.74 Å². The highest BCUT2D eigenvalue weighted by atomic mass is 16.5. The zero-order valence-electron chi connectivity index (χ0n) is 19.4. The molecule has 1 aliphatic rings. The molecule has 2 rings (SSSR count). The van der Waals surface area contributed by atoms with Crippen LogP contribution in [-0.2, 0) is 14.4 Å². The van der Waals surface area contributed by atoms with Gasteiger partial charge in [0.15, 0.2) is 11.6 Å². The lowest BCUT2D eigenvalue weighted by molar-refractivity contribution is -0.132. The van der Waals surface area contributed by atoms with Crippen LogP contribution in [0.4, 0.5) is 0 Å². The number of carbonyl (C=O) groups excluding carboxylic acids is 3. The molecule has 0 unspecified atom stereocenters. The molecule has 0 saturated carbocycles. The van der Waals surface area contributed by atoms with E-state index < -0.39 is 0 Å². The van der Waals surface area contributed by atoms with Gasteiger partial charge in [0.1, 0.15) is 5.75 Å². The summed E-state index contributed by atoms with van der Waals surface area (Å²) in [6.07, 6.45) is 0. The summed E-state index contributed by atoms with van der Waals surface area (Å²) in [7, 11) is 0. The number of aryl methyl sites for hydroxylation is 2. The minimum atomic E-state index is -0.262. The Morgan fingerprint density at radius 1 is 0.793 bits per heavy atom. The van der Waals surface area contributed by atoms with E-state index in [0.717, 1.165) is 11.1 Å². The van der Waals surface area contributed by atoms with Gasteiger partial charge in [-0.15, -0.1) is 0 Å². The smallest absolute Gasteiger partial charge is 0.308 e. The predicted molar refractivity (Wildman–Crippen MR) is 117 cm³/mol. The molecule has 0 bridgehead atoms. The largest absolute Gasteiger partial charge is 0.426 e. The molecular formula is C25H34O4. The molecule has 158 valence electrons. The van der Waals surface area contributed by atoms with Crippen LogP contribution in [0.15, 0.2) is 34.4 Å². The van der Waals surface area contributed by atoms with E-state index in [-0.39, 0.29) is 23.5 Å². The van der Waals surface area contributed by atoms with Gasteiger partial charge in [0, 0.05) is 34.8 Å². The number of esters is 1. The summed E-state index contributed by atoms with van der Waals surface area (Å²) >= 11 is 0. The van der Waals surface area contributed by atoms with Crippen LogP contribution in [0.25, 0.3) is 0 Å². The first-order valence-corrected chi connectivity index (χ1v) is 10.1. The van der Waals surface area contributed by atoms with E-state index in [0.29, 0.717) is 34.0 Å². The van der Waals surface area contributed by atoms with Gasteiger partial charge in [0.05, 0.1) is 0 Å². The second-order valence-corrected chi connectivity index (χ2v) is 8.34. The fraction of sp³-hybridized carbons (Fsp3) is 0.480. The summed E-state index contributed by atoms with van der Waals surface area (Å²) in [5.41, 5.74) is 5.91. The summed E-state index contributed by atoms with van der Waals surface area (Å²) in [4.78, 5) is 34.6. The van der Waals surface area contributed by atoms with Crippen molar-refractivity contribution in [1.82, 2.24) is 0 Å². The fourth-order valence-electron chi connectivity index (χ4n) is 3.73. The van der Waals surface area contributed by atoms with Crippen molar-refractivity contribution >= 4 is 17.5 Å². The van der Waals surface area contributed by atoms with Gasteiger partial charge in [0.2, 0.25) is 0 Å². The van der Waals surface area contributed by atoms with E-state index >= 15 is 0 Å². The maximum absolute atomic E-state index is 11.9. The van der Waals surface area contributed by atoms with Crippen molar-refractivity contribution in [3.63, 3.8) is 0 Å². The van der Waals surface area contributed by atoms with Gasteiger partial charge in [-0.05, 0) is 63.6 Å². The van der Waals surface area contributed by atoms with E-state index in [1.807, 2.05) is 26.8 Å². The molecule has 4 heteroatoms. The van der Waals surface area contributed by atoms with Crippen molar-refractivity contribution in [1.29, 1.82) is 0 Å². The summed E-state index contributed by atoms with van der Waals surface area (Å²) in [5, 5.41) is 0. The standard InChI is InChI=1S/C13H18O2.C12H16O2/c1-8(2)13-10(4)6-9(3)7-12(13)15-11(5)14;1-6(2)10-9(5)11(13)7(3)8(4)12(10)14/h6-8H,1-5H3;6H,1-5H3. The molecule has 29 heavy (non-hydrogen) atoms. The van der Waals surface area contributed by atoms with Crippen LogP contribution in [0.1, 0.15) is 78.0 Å². The average Bonchev–Trinajstić information content (AvgIpc) is 2.57. The maximum atomic E-state index is 11.9. The van der Waals surface area contributed by atoms with Gasteiger partial charge in [-0.2, -0.15) is 0 Å². The second kappa shape index (κ2) is 9.82. The Morgan fingerprint density at radius 2 is 1.31 bits per heavy atom. The molecule has 0 atom stereocenters. The summed E-state index contributed by atoms with van der Waals surface area (Å²) < 4.78 is 5.23. The molecule has 1 aliphatic carbocycles. The number of ether oxygens (including phenoxy) is 1. The van der Waals surface area contributed by atoms with Crippen LogP contribution in [0, 0.1) is 19.8 Å². The highest BCUT2D eigenvalue weighted by Crippen LogP contribution is 2.31. The number of allylic oxidation sites excluding steroid dienone is 4. The zero-order chi connectivity index (χ0) is 22.6. The van der Waals surface area contributed by atoms with E-state index in [2.05, 4.69) is 26.8 Å². The van der Waals surface area contributed by atoms with Gasteiger partial charge in [-0.1, -0.05) is 33.8 Å². The van der Waals surface area contributed by atoms with E-state index in [1.54, 1.807) is 20.8 Å². The van der Waals surface area contributed by atoms with Crippen molar-refractivity contribution in [2.45, 2.75) is 75.2 Å². The Bertz CT molecular complexity index is 896. The van der Waals surface area contributed by atoms with Crippen LogP contribution < -0.4 is 4.74 Å². The van der Waals surface area contributed by atoms with E-state index in [9.17, 15) is 14.4 Å². The first kappa shape index (κ1) is 24.5. The van der Waals surface area contributed by atoms with Crippen molar-refractivity contribution < 1.29 is 19.1 Å². The van der Waals surface area contributed by atoms with Crippen molar-refractivity contribution in [3.05, 3.63) is 51.1 Å². The molecule has 0 aromatic heterocycles. The predicted octanol–water partition coefficient (Wildman–Crippen LogP) is 5.80. The monoisotopic (exact) mass is 398 g/mol. The minimum Gasteiger partial charge on any atom is -0.426 e. The Balaban J connectivity index is 0.000000291. The fourth-order valence-corrected chi connectivity index (χ4v) is 3.73. The third-order valence-electron chi connectivity index (χ3n) is 5.13. The Morgan fingerprint density at radius 3 is 1.76 bits per heavy atom. The van der Waals surface area contributed by atoms with Gasteiger partial charge in [0.25, 0.3) is 0 Å². The normalized spacial score (nSPS) is 14.5. The Kier molecular flexibility index (Phi) is 8.31. The number of hydrogen-bond acceptors (Lipinski definition) is 4. The van der Waals surface area contributed by atoms with Gasteiger partial charge < -0.3 is 4.74 Å². The van der Waals surface area contributed by atoms with Crippen molar-refractivity contribution in [2.24, 2.45) is 5.92 Å². The summed E-state index contributed by atoms with van der Waals surface area (Å²) in [5.74, 6) is 0.978. The number of hydrogen-bond donors (Lipinski definition) is 0. The molecule has 0 saturated heterocycles. The Labute approximate surface area is 175 Å². The molecule has 0 aliphatic heterocycles. The van der Waals surface area contributed by atoms with Crippen LogP contribution >= 0.6 is 0 Å². The maximum Gasteiger partial charge on any atom is 0.308 e. The topological polar surface area (TPSA) is 60.4 Å². The molecule has 1 aromatic carbocycles. The molecule has 0 N–H and O–H groups in total. The lowest BCUT2D eigenvalue weighted by atomic mass is 9.81. The molecule has 0 radical (unpaired) electrons. The minimum absolute atomic E-state index is 0.0193. The van der Waals surface area contributed by atoms with Crippen molar-refractivity contribution in [3.8, 4) is 5.75 Å². The second-order valence-electron chi connectivity index (χ2n) is 8.34.